The molecule has 0 atom stereocenters. The summed E-state index contributed by atoms with van der Waals surface area (Å²) in [6.45, 7) is 4.08. The smallest absolute Gasteiger partial charge is 0.124 e. The van der Waals surface area contributed by atoms with E-state index in [0.29, 0.717) is 19.7 Å². The highest BCUT2D eigenvalue weighted by atomic mass is 35.5. The van der Waals surface area contributed by atoms with E-state index >= 15 is 0 Å². The van der Waals surface area contributed by atoms with Gasteiger partial charge in [0.2, 0.25) is 0 Å². The number of aliphatic hydroxyl groups excluding tert-OH is 1. The van der Waals surface area contributed by atoms with Crippen molar-refractivity contribution < 1.29 is 9.84 Å². The molecule has 2 aromatic carbocycles. The van der Waals surface area contributed by atoms with Gasteiger partial charge in [-0.05, 0) is 18.6 Å². The standard InChI is InChI=1S/C17H21NO2.ClH/c1-14-6-8-15(9-7-14)13-20-17-5-3-2-4-16(17)12-18-10-11-19;/h2-9,18-19H,10-13H2,1H3;1H. The maximum absolute atomic E-state index is 8.79. The van der Waals surface area contributed by atoms with Gasteiger partial charge in [-0.25, -0.2) is 0 Å². The van der Waals surface area contributed by atoms with Gasteiger partial charge in [-0.3, -0.25) is 0 Å². The third-order valence-electron chi connectivity index (χ3n) is 3.09. The molecule has 0 aliphatic carbocycles. The van der Waals surface area contributed by atoms with Crippen molar-refractivity contribution in [2.45, 2.75) is 20.1 Å². The summed E-state index contributed by atoms with van der Waals surface area (Å²) in [6, 6.07) is 16.3. The first-order valence-electron chi connectivity index (χ1n) is 6.87. The molecule has 0 spiro atoms. The van der Waals surface area contributed by atoms with E-state index in [-0.39, 0.29) is 19.0 Å². The summed E-state index contributed by atoms with van der Waals surface area (Å²) in [5.41, 5.74) is 3.52. The number of aliphatic hydroxyl groups is 1. The number of aryl methyl sites for hydroxylation is 1. The molecule has 0 radical (unpaired) electrons. The highest BCUT2D eigenvalue weighted by Crippen LogP contribution is 2.19. The summed E-state index contributed by atoms with van der Waals surface area (Å²) in [7, 11) is 0. The molecule has 0 saturated heterocycles. The van der Waals surface area contributed by atoms with Gasteiger partial charge >= 0.3 is 0 Å². The van der Waals surface area contributed by atoms with Crippen LogP contribution < -0.4 is 10.1 Å². The van der Waals surface area contributed by atoms with Gasteiger partial charge in [0.25, 0.3) is 0 Å². The van der Waals surface area contributed by atoms with Crippen molar-refractivity contribution in [3.63, 3.8) is 0 Å². The number of ether oxygens (including phenoxy) is 1. The van der Waals surface area contributed by atoms with E-state index < -0.39 is 0 Å². The Morgan fingerprint density at radius 2 is 1.76 bits per heavy atom. The molecule has 0 aliphatic heterocycles. The first kappa shape index (κ1) is 17.5. The van der Waals surface area contributed by atoms with Gasteiger partial charge in [0.1, 0.15) is 12.4 Å². The average molecular weight is 308 g/mol. The van der Waals surface area contributed by atoms with Crippen LogP contribution in [0.25, 0.3) is 0 Å². The lowest BCUT2D eigenvalue weighted by Gasteiger charge is -2.12. The molecular formula is C17H22ClNO2. The molecule has 21 heavy (non-hydrogen) atoms. The van der Waals surface area contributed by atoms with E-state index in [9.17, 15) is 0 Å². The van der Waals surface area contributed by atoms with Crippen molar-refractivity contribution in [1.82, 2.24) is 5.32 Å². The van der Waals surface area contributed by atoms with E-state index in [2.05, 4.69) is 36.5 Å². The first-order valence-corrected chi connectivity index (χ1v) is 6.87. The fraction of sp³-hybridized carbons (Fsp3) is 0.294. The van der Waals surface area contributed by atoms with Crippen LogP contribution in [0.4, 0.5) is 0 Å². The van der Waals surface area contributed by atoms with Gasteiger partial charge in [0, 0.05) is 18.7 Å². The number of hydrogen-bond donors (Lipinski definition) is 2. The summed E-state index contributed by atoms with van der Waals surface area (Å²) in [4.78, 5) is 0. The number of rotatable bonds is 7. The first-order chi connectivity index (χ1) is 9.79. The highest BCUT2D eigenvalue weighted by molar-refractivity contribution is 5.85. The molecule has 2 aromatic rings. The van der Waals surface area contributed by atoms with Crippen molar-refractivity contribution in [3.8, 4) is 5.75 Å². The maximum atomic E-state index is 8.79. The Morgan fingerprint density at radius 1 is 1.05 bits per heavy atom. The molecule has 0 aliphatic rings. The molecule has 114 valence electrons. The Morgan fingerprint density at radius 3 is 2.48 bits per heavy atom. The van der Waals surface area contributed by atoms with Gasteiger partial charge in [-0.15, -0.1) is 12.4 Å². The highest BCUT2D eigenvalue weighted by Gasteiger charge is 2.03. The van der Waals surface area contributed by atoms with E-state index in [1.807, 2.05) is 24.3 Å². The Labute approximate surface area is 132 Å². The van der Waals surface area contributed by atoms with Gasteiger partial charge in [0.05, 0.1) is 6.61 Å². The fourth-order valence-electron chi connectivity index (χ4n) is 1.94. The molecule has 2 N–H and O–H groups in total. The zero-order chi connectivity index (χ0) is 14.2. The number of nitrogens with one attached hydrogen (secondary N) is 1. The van der Waals surface area contributed by atoms with Gasteiger partial charge in [0.15, 0.2) is 0 Å². The second kappa shape index (κ2) is 9.40. The van der Waals surface area contributed by atoms with Gasteiger partial charge in [-0.2, -0.15) is 0 Å². The lowest BCUT2D eigenvalue weighted by atomic mass is 10.1. The van der Waals surface area contributed by atoms with Crippen LogP contribution in [0.3, 0.4) is 0 Å². The molecular weight excluding hydrogens is 286 g/mol. The van der Waals surface area contributed by atoms with E-state index in [1.54, 1.807) is 0 Å². The van der Waals surface area contributed by atoms with Gasteiger partial charge < -0.3 is 15.2 Å². The number of para-hydroxylation sites is 1. The quantitative estimate of drug-likeness (QED) is 0.772. The van der Waals surface area contributed by atoms with Crippen LogP contribution in [0.5, 0.6) is 5.75 Å². The molecule has 0 fully saturated rings. The van der Waals surface area contributed by atoms with Crippen molar-refractivity contribution in [1.29, 1.82) is 0 Å². The van der Waals surface area contributed by atoms with Crippen LogP contribution in [-0.4, -0.2) is 18.3 Å². The Bertz CT molecular complexity index is 529. The third kappa shape index (κ3) is 5.76. The molecule has 0 heterocycles. The molecule has 2 rings (SSSR count). The minimum Gasteiger partial charge on any atom is -0.489 e. The van der Waals surface area contributed by atoms with Crippen LogP contribution in [0.15, 0.2) is 48.5 Å². The summed E-state index contributed by atoms with van der Waals surface area (Å²) < 4.78 is 5.89. The van der Waals surface area contributed by atoms with Crippen LogP contribution in [0, 0.1) is 6.92 Å². The Hall–Kier alpha value is -1.55. The minimum absolute atomic E-state index is 0. The molecule has 0 aromatic heterocycles. The van der Waals surface area contributed by atoms with Gasteiger partial charge in [-0.1, -0.05) is 48.0 Å². The Kier molecular flexibility index (Phi) is 7.83. The average Bonchev–Trinajstić information content (AvgIpc) is 2.48. The molecule has 4 heteroatoms. The predicted octanol–water partition coefficient (Wildman–Crippen LogP) is 3.08. The van der Waals surface area contributed by atoms with Crippen molar-refractivity contribution in [2.24, 2.45) is 0 Å². The molecule has 0 bridgehead atoms. The number of halogens is 1. The summed E-state index contributed by atoms with van der Waals surface area (Å²) in [5.74, 6) is 0.888. The normalized spacial score (nSPS) is 10.0. The van der Waals surface area contributed by atoms with Crippen LogP contribution >= 0.6 is 12.4 Å². The molecule has 3 nitrogen and oxygen atoms in total. The van der Waals surface area contributed by atoms with Crippen LogP contribution in [0.1, 0.15) is 16.7 Å². The lowest BCUT2D eigenvalue weighted by Crippen LogP contribution is -2.18. The summed E-state index contributed by atoms with van der Waals surface area (Å²) >= 11 is 0. The van der Waals surface area contributed by atoms with Crippen molar-refractivity contribution in [3.05, 3.63) is 65.2 Å². The zero-order valence-electron chi connectivity index (χ0n) is 12.2. The van der Waals surface area contributed by atoms with Crippen LogP contribution in [-0.2, 0) is 13.2 Å². The minimum atomic E-state index is 0. The second-order valence-electron chi connectivity index (χ2n) is 4.78. The Balaban J connectivity index is 0.00000220. The van der Waals surface area contributed by atoms with E-state index in [4.69, 9.17) is 9.84 Å². The third-order valence-corrected chi connectivity index (χ3v) is 3.09. The maximum Gasteiger partial charge on any atom is 0.124 e. The van der Waals surface area contributed by atoms with Crippen molar-refractivity contribution >= 4 is 12.4 Å². The summed E-state index contributed by atoms with van der Waals surface area (Å²) in [5, 5.41) is 12.0. The number of hydrogen-bond acceptors (Lipinski definition) is 3. The SMILES string of the molecule is Cc1ccc(COc2ccccc2CNCCO)cc1.Cl. The zero-order valence-corrected chi connectivity index (χ0v) is 13.0. The molecule has 0 saturated carbocycles. The topological polar surface area (TPSA) is 41.5 Å². The largest absolute Gasteiger partial charge is 0.489 e. The number of benzene rings is 2. The molecule has 0 unspecified atom stereocenters. The second-order valence-corrected chi connectivity index (χ2v) is 4.78. The van der Waals surface area contributed by atoms with E-state index in [0.717, 1.165) is 16.9 Å². The fourth-order valence-corrected chi connectivity index (χ4v) is 1.94. The van der Waals surface area contributed by atoms with E-state index in [1.165, 1.54) is 5.56 Å². The predicted molar refractivity (Wildman–Crippen MR) is 88.0 cm³/mol. The van der Waals surface area contributed by atoms with Crippen molar-refractivity contribution in [2.75, 3.05) is 13.2 Å². The molecule has 0 amide bonds. The van der Waals surface area contributed by atoms with Crippen LogP contribution in [0.2, 0.25) is 0 Å². The lowest BCUT2D eigenvalue weighted by molar-refractivity contribution is 0.288. The monoisotopic (exact) mass is 307 g/mol. The summed E-state index contributed by atoms with van der Waals surface area (Å²) in [6.07, 6.45) is 0.